The lowest BCUT2D eigenvalue weighted by molar-refractivity contribution is -0.161. The molecule has 93 heavy (non-hydrogen) atoms. The first-order valence-corrected chi connectivity index (χ1v) is 41.6. The maximum Gasteiger partial charge on any atom is 0.472 e. The lowest BCUT2D eigenvalue weighted by atomic mass is 10.0. The highest BCUT2D eigenvalue weighted by atomic mass is 31.2. The van der Waals surface area contributed by atoms with Crippen molar-refractivity contribution in [2.75, 3.05) is 39.6 Å². The molecule has 0 aromatic carbocycles. The Bertz CT molecular complexity index is 1790. The zero-order chi connectivity index (χ0) is 68.4. The van der Waals surface area contributed by atoms with Gasteiger partial charge in [-0.3, -0.25) is 37.3 Å². The Morgan fingerprint density at radius 2 is 0.495 bits per heavy atom. The van der Waals surface area contributed by atoms with E-state index in [9.17, 15) is 43.2 Å². The number of ether oxygens (including phenoxy) is 4. The number of phosphoric acid groups is 2. The Morgan fingerprint density at radius 1 is 0.290 bits per heavy atom. The molecule has 0 aliphatic rings. The van der Waals surface area contributed by atoms with E-state index in [1.54, 1.807) is 0 Å². The van der Waals surface area contributed by atoms with Crippen LogP contribution in [0.5, 0.6) is 0 Å². The molecule has 19 heteroatoms. The summed E-state index contributed by atoms with van der Waals surface area (Å²) in [4.78, 5) is 72.4. The minimum absolute atomic E-state index is 0.105. The number of hydrogen-bond donors (Lipinski definition) is 3. The average molecular weight is 1370 g/mol. The van der Waals surface area contributed by atoms with Crippen molar-refractivity contribution >= 4 is 39.5 Å². The molecule has 5 atom stereocenters. The van der Waals surface area contributed by atoms with Crippen molar-refractivity contribution in [2.24, 2.45) is 5.92 Å². The van der Waals surface area contributed by atoms with Gasteiger partial charge in [-0.05, 0) is 31.6 Å². The smallest absolute Gasteiger partial charge is 0.462 e. The number of aliphatic hydroxyl groups excluding tert-OH is 1. The monoisotopic (exact) mass is 1370 g/mol. The van der Waals surface area contributed by atoms with E-state index in [0.717, 1.165) is 115 Å². The van der Waals surface area contributed by atoms with Crippen molar-refractivity contribution in [3.8, 4) is 0 Å². The summed E-state index contributed by atoms with van der Waals surface area (Å²) >= 11 is 0. The third-order valence-electron chi connectivity index (χ3n) is 17.3. The van der Waals surface area contributed by atoms with Crippen molar-refractivity contribution in [2.45, 2.75) is 406 Å². The Kier molecular flexibility index (Phi) is 65.9. The summed E-state index contributed by atoms with van der Waals surface area (Å²) < 4.78 is 68.2. The Labute approximate surface area is 568 Å². The van der Waals surface area contributed by atoms with Gasteiger partial charge in [0.25, 0.3) is 0 Å². The van der Waals surface area contributed by atoms with Crippen molar-refractivity contribution in [3.63, 3.8) is 0 Å². The number of hydrogen-bond acceptors (Lipinski definition) is 15. The van der Waals surface area contributed by atoms with Crippen LogP contribution in [-0.2, 0) is 65.4 Å². The molecule has 0 aliphatic heterocycles. The van der Waals surface area contributed by atoms with Gasteiger partial charge in [0, 0.05) is 25.7 Å². The van der Waals surface area contributed by atoms with Gasteiger partial charge < -0.3 is 33.8 Å². The number of unbranched alkanes of at least 4 members (excludes halogenated alkanes) is 46. The third kappa shape index (κ3) is 68.4. The molecule has 0 saturated heterocycles. The second-order valence-electron chi connectivity index (χ2n) is 27.2. The van der Waals surface area contributed by atoms with Gasteiger partial charge in [-0.25, -0.2) is 9.13 Å². The van der Waals surface area contributed by atoms with E-state index in [-0.39, 0.29) is 25.7 Å². The molecule has 0 spiro atoms. The predicted molar refractivity (Wildman–Crippen MR) is 377 cm³/mol. The topological polar surface area (TPSA) is 237 Å². The fourth-order valence-electron chi connectivity index (χ4n) is 11.4. The minimum Gasteiger partial charge on any atom is -0.462 e. The minimum atomic E-state index is -4.95. The highest BCUT2D eigenvalue weighted by molar-refractivity contribution is 7.47. The molecule has 0 heterocycles. The molecular formula is C74H144O17P2. The van der Waals surface area contributed by atoms with Gasteiger partial charge in [0.15, 0.2) is 12.2 Å². The molecule has 17 nitrogen and oxygen atoms in total. The Hall–Kier alpha value is -1.94. The van der Waals surface area contributed by atoms with E-state index in [1.807, 2.05) is 0 Å². The fourth-order valence-corrected chi connectivity index (χ4v) is 12.9. The van der Waals surface area contributed by atoms with E-state index in [2.05, 4.69) is 34.6 Å². The van der Waals surface area contributed by atoms with Crippen LogP contribution >= 0.6 is 15.6 Å². The fraction of sp³-hybridized carbons (Fsp3) is 0.946. The zero-order valence-electron chi connectivity index (χ0n) is 60.4. The van der Waals surface area contributed by atoms with Crippen molar-refractivity contribution in [1.82, 2.24) is 0 Å². The molecule has 2 unspecified atom stereocenters. The van der Waals surface area contributed by atoms with Crippen LogP contribution in [0.1, 0.15) is 388 Å². The number of carbonyl (C=O) groups excluding carboxylic acids is 4. The maximum absolute atomic E-state index is 13.1. The molecular weight excluding hydrogens is 1220 g/mol. The van der Waals surface area contributed by atoms with Crippen LogP contribution in [0.2, 0.25) is 0 Å². The quantitative estimate of drug-likeness (QED) is 0.0222. The number of phosphoric ester groups is 2. The van der Waals surface area contributed by atoms with Gasteiger partial charge in [-0.2, -0.15) is 0 Å². The third-order valence-corrected chi connectivity index (χ3v) is 19.2. The standard InChI is InChI=1S/C74H144O17P2/c1-6-9-12-15-18-20-21-22-23-24-25-26-30-33-36-39-44-48-53-58-72(77)85-64-70(91-74(79)60-55-50-45-40-37-34-31-28-27-29-32-35-38-42-46-51-56-67(4)5)66-89-93(82,83)87-62-68(75)61-86-92(80,81)88-65-69(63-84-71(76)57-52-47-41-17-14-11-8-3)90-73(78)59-54-49-43-19-16-13-10-7-2/h67-70,75H,6-66H2,1-5H3,(H,80,81)(H,82,83)/t68-,69+,70+/m0/s1. The van der Waals surface area contributed by atoms with Gasteiger partial charge in [-0.1, -0.05) is 336 Å². The normalized spacial score (nSPS) is 14.0. The summed E-state index contributed by atoms with van der Waals surface area (Å²) in [5.74, 6) is -1.32. The molecule has 0 bridgehead atoms. The number of rotatable bonds is 74. The molecule has 3 N–H and O–H groups in total. The first-order valence-electron chi connectivity index (χ1n) is 38.6. The van der Waals surface area contributed by atoms with E-state index in [1.165, 1.54) is 193 Å². The highest BCUT2D eigenvalue weighted by Crippen LogP contribution is 2.45. The number of carbonyl (C=O) groups is 4. The molecule has 0 fully saturated rings. The van der Waals surface area contributed by atoms with Crippen LogP contribution in [0.25, 0.3) is 0 Å². The lowest BCUT2D eigenvalue weighted by Gasteiger charge is -2.21. The van der Waals surface area contributed by atoms with E-state index < -0.39 is 97.5 Å². The van der Waals surface area contributed by atoms with Crippen LogP contribution in [0, 0.1) is 5.92 Å². The summed E-state index contributed by atoms with van der Waals surface area (Å²) in [5.41, 5.74) is 0. The van der Waals surface area contributed by atoms with Crippen LogP contribution < -0.4 is 0 Å². The van der Waals surface area contributed by atoms with Crippen LogP contribution in [0.4, 0.5) is 0 Å². The van der Waals surface area contributed by atoms with E-state index in [4.69, 9.17) is 37.0 Å². The van der Waals surface area contributed by atoms with Gasteiger partial charge in [-0.15, -0.1) is 0 Å². The van der Waals surface area contributed by atoms with Crippen LogP contribution in [0.3, 0.4) is 0 Å². The maximum atomic E-state index is 13.1. The molecule has 0 rings (SSSR count). The second kappa shape index (κ2) is 67.3. The van der Waals surface area contributed by atoms with Gasteiger partial charge in [0.05, 0.1) is 26.4 Å². The lowest BCUT2D eigenvalue weighted by Crippen LogP contribution is -2.30. The molecule has 0 aromatic rings. The number of esters is 4. The molecule has 0 amide bonds. The van der Waals surface area contributed by atoms with E-state index in [0.29, 0.717) is 25.7 Å². The zero-order valence-corrected chi connectivity index (χ0v) is 62.2. The molecule has 0 radical (unpaired) electrons. The number of aliphatic hydroxyl groups is 1. The SMILES string of the molecule is CCCCCCCCCCCCCCCCCCCCCC(=O)OC[C@H](COP(=O)(O)OC[C@@H](O)COP(=O)(O)OC[C@@H](COC(=O)CCCCCCCCC)OC(=O)CCCCCCCCCC)OC(=O)CCCCCCCCCCCCCCCCCCC(C)C. The molecule has 552 valence electrons. The van der Waals surface area contributed by atoms with Gasteiger partial charge in [0.1, 0.15) is 19.3 Å². The van der Waals surface area contributed by atoms with Crippen LogP contribution in [-0.4, -0.2) is 96.7 Å². The van der Waals surface area contributed by atoms with Gasteiger partial charge >= 0.3 is 39.5 Å². The summed E-state index contributed by atoms with van der Waals surface area (Å²) in [6.07, 6.45) is 55.9. The molecule has 0 aromatic heterocycles. The first-order chi connectivity index (χ1) is 45.0. The Morgan fingerprint density at radius 3 is 0.731 bits per heavy atom. The summed E-state index contributed by atoms with van der Waals surface area (Å²) in [6.45, 7) is 7.23. The molecule has 0 aliphatic carbocycles. The largest absolute Gasteiger partial charge is 0.472 e. The molecule has 0 saturated carbocycles. The highest BCUT2D eigenvalue weighted by Gasteiger charge is 2.30. The average Bonchev–Trinajstić information content (AvgIpc) is 2.36. The van der Waals surface area contributed by atoms with Crippen molar-refractivity contribution in [3.05, 3.63) is 0 Å². The first kappa shape index (κ1) is 91.1. The van der Waals surface area contributed by atoms with Gasteiger partial charge in [0.2, 0.25) is 0 Å². The van der Waals surface area contributed by atoms with E-state index >= 15 is 0 Å². The Balaban J connectivity index is 5.13. The predicted octanol–water partition coefficient (Wildman–Crippen LogP) is 21.7. The summed E-state index contributed by atoms with van der Waals surface area (Å²) in [5, 5.41) is 10.6. The summed E-state index contributed by atoms with van der Waals surface area (Å²) in [7, 11) is -9.89. The second-order valence-corrected chi connectivity index (χ2v) is 30.1. The van der Waals surface area contributed by atoms with Crippen LogP contribution in [0.15, 0.2) is 0 Å². The van der Waals surface area contributed by atoms with Crippen molar-refractivity contribution in [1.29, 1.82) is 0 Å². The summed E-state index contributed by atoms with van der Waals surface area (Å²) in [6, 6.07) is 0. The van der Waals surface area contributed by atoms with Crippen molar-refractivity contribution < 1.29 is 80.2 Å².